The summed E-state index contributed by atoms with van der Waals surface area (Å²) in [6.45, 7) is 5.86. The van der Waals surface area contributed by atoms with Gasteiger partial charge < -0.3 is 10.6 Å². The van der Waals surface area contributed by atoms with Crippen molar-refractivity contribution in [3.63, 3.8) is 0 Å². The summed E-state index contributed by atoms with van der Waals surface area (Å²) in [4.78, 5) is 22.8. The predicted molar refractivity (Wildman–Crippen MR) is 72.8 cm³/mol. The summed E-state index contributed by atoms with van der Waals surface area (Å²) in [5.74, 6) is 0.226. The van der Waals surface area contributed by atoms with Gasteiger partial charge in [-0.3, -0.25) is 14.3 Å². The van der Waals surface area contributed by atoms with Crippen molar-refractivity contribution in [1.29, 1.82) is 0 Å². The fraction of sp³-hybridized carbons (Fsp3) is 0.818. The van der Waals surface area contributed by atoms with E-state index in [0.717, 1.165) is 6.42 Å². The highest BCUT2D eigenvalue weighted by Gasteiger charge is 2.17. The molecule has 0 radical (unpaired) electrons. The molecule has 0 saturated heterocycles. The molecule has 3 unspecified atom stereocenters. The van der Waals surface area contributed by atoms with E-state index in [1.54, 1.807) is 20.1 Å². The van der Waals surface area contributed by atoms with E-state index in [1.807, 2.05) is 6.92 Å². The molecule has 18 heavy (non-hydrogen) atoms. The Labute approximate surface area is 111 Å². The van der Waals surface area contributed by atoms with E-state index in [0.29, 0.717) is 12.3 Å². The highest BCUT2D eigenvalue weighted by Crippen LogP contribution is 1.95. The van der Waals surface area contributed by atoms with Crippen molar-refractivity contribution in [2.45, 2.75) is 39.3 Å². The Morgan fingerprint density at radius 1 is 1.28 bits per heavy atom. The topological polar surface area (TPSA) is 87.3 Å². The molecule has 0 aliphatic rings. The van der Waals surface area contributed by atoms with Gasteiger partial charge in [0.25, 0.3) is 0 Å². The van der Waals surface area contributed by atoms with Crippen LogP contribution in [0.3, 0.4) is 0 Å². The Kier molecular flexibility index (Phi) is 8.57. The van der Waals surface area contributed by atoms with Crippen LogP contribution in [0.4, 0.5) is 4.79 Å². The second kappa shape index (κ2) is 9.04. The average Bonchev–Trinajstić information content (AvgIpc) is 2.26. The minimum absolute atomic E-state index is 0.0730. The van der Waals surface area contributed by atoms with E-state index in [4.69, 9.17) is 0 Å². The van der Waals surface area contributed by atoms with Gasteiger partial charge in [-0.2, -0.15) is 0 Å². The zero-order chi connectivity index (χ0) is 14.1. The molecule has 0 aromatic rings. The van der Waals surface area contributed by atoms with Gasteiger partial charge >= 0.3 is 6.03 Å². The van der Waals surface area contributed by atoms with Crippen LogP contribution in [0.2, 0.25) is 0 Å². The number of imide groups is 1. The molecule has 106 valence electrons. The van der Waals surface area contributed by atoms with Gasteiger partial charge in [-0.25, -0.2) is 4.79 Å². The number of rotatable bonds is 7. The van der Waals surface area contributed by atoms with Crippen LogP contribution in [0.25, 0.3) is 0 Å². The number of nitrogens with one attached hydrogen (secondary N) is 3. The number of urea groups is 1. The third-order valence-corrected chi connectivity index (χ3v) is 3.15. The molecule has 0 heterocycles. The van der Waals surface area contributed by atoms with Crippen LogP contribution < -0.4 is 16.0 Å². The molecule has 3 atom stereocenters. The second-order valence-electron chi connectivity index (χ2n) is 4.20. The monoisotopic (exact) mass is 277 g/mol. The van der Waals surface area contributed by atoms with Crippen molar-refractivity contribution in [2.24, 2.45) is 0 Å². The summed E-state index contributed by atoms with van der Waals surface area (Å²) in [7, 11) is -0.828. The number of carbonyl (C=O) groups is 2. The number of amides is 3. The Morgan fingerprint density at radius 2 is 1.89 bits per heavy atom. The smallest absolute Gasteiger partial charge is 0.321 e. The van der Waals surface area contributed by atoms with Crippen LogP contribution in [0.15, 0.2) is 0 Å². The number of hydrogen-bond acceptors (Lipinski definition) is 4. The molecule has 3 N–H and O–H groups in total. The highest BCUT2D eigenvalue weighted by atomic mass is 32.2. The number of carbonyl (C=O) groups excluding carboxylic acids is 2. The molecule has 0 bridgehead atoms. The lowest BCUT2D eigenvalue weighted by Gasteiger charge is -2.18. The van der Waals surface area contributed by atoms with E-state index in [2.05, 4.69) is 16.0 Å². The summed E-state index contributed by atoms with van der Waals surface area (Å²) in [5, 5.41) is 7.78. The first-order chi connectivity index (χ1) is 8.36. The van der Waals surface area contributed by atoms with Crippen LogP contribution in [-0.2, 0) is 15.6 Å². The maximum absolute atomic E-state index is 11.6. The summed E-state index contributed by atoms with van der Waals surface area (Å²) in [6, 6.07) is -0.879. The van der Waals surface area contributed by atoms with Crippen molar-refractivity contribution < 1.29 is 13.8 Å². The maximum Gasteiger partial charge on any atom is 0.321 e. The van der Waals surface area contributed by atoms with E-state index in [1.165, 1.54) is 0 Å². The quantitative estimate of drug-likeness (QED) is 0.610. The third-order valence-electron chi connectivity index (χ3n) is 2.34. The van der Waals surface area contributed by atoms with E-state index in [-0.39, 0.29) is 11.9 Å². The van der Waals surface area contributed by atoms with E-state index in [9.17, 15) is 13.8 Å². The first-order valence-electron chi connectivity index (χ1n) is 6.01. The molecular weight excluding hydrogens is 254 g/mol. The third kappa shape index (κ3) is 8.19. The van der Waals surface area contributed by atoms with Gasteiger partial charge in [-0.05, 0) is 27.2 Å². The van der Waals surface area contributed by atoms with Crippen LogP contribution in [0.1, 0.15) is 27.2 Å². The van der Waals surface area contributed by atoms with Gasteiger partial charge in [-0.1, -0.05) is 0 Å². The van der Waals surface area contributed by atoms with Crippen molar-refractivity contribution in [2.75, 3.05) is 18.6 Å². The van der Waals surface area contributed by atoms with Gasteiger partial charge in [0.15, 0.2) is 0 Å². The molecule has 0 aliphatic carbocycles. The lowest BCUT2D eigenvalue weighted by Crippen LogP contribution is -2.50. The van der Waals surface area contributed by atoms with Gasteiger partial charge in [0.05, 0.1) is 6.04 Å². The van der Waals surface area contributed by atoms with Gasteiger partial charge in [0.1, 0.15) is 0 Å². The SMILES string of the molecule is CCNC(=O)NC(=O)C(C)NC(C)CCS(C)=O. The minimum atomic E-state index is -0.828. The van der Waals surface area contributed by atoms with Crippen molar-refractivity contribution in [1.82, 2.24) is 16.0 Å². The van der Waals surface area contributed by atoms with Crippen molar-refractivity contribution >= 4 is 22.7 Å². The molecule has 0 aromatic carbocycles. The molecule has 3 amide bonds. The molecule has 0 fully saturated rings. The van der Waals surface area contributed by atoms with E-state index < -0.39 is 22.9 Å². The van der Waals surface area contributed by atoms with Gasteiger partial charge in [-0.15, -0.1) is 0 Å². The largest absolute Gasteiger partial charge is 0.338 e. The zero-order valence-corrected chi connectivity index (χ0v) is 12.2. The standard InChI is InChI=1S/C11H23N3O3S/c1-5-12-11(16)14-10(15)9(3)13-8(2)6-7-18(4)17/h8-9,13H,5-7H2,1-4H3,(H2,12,14,15,16). The van der Waals surface area contributed by atoms with Gasteiger partial charge in [0, 0.05) is 35.4 Å². The summed E-state index contributed by atoms with van der Waals surface area (Å²) in [6.07, 6.45) is 2.37. The maximum atomic E-state index is 11.6. The summed E-state index contributed by atoms with van der Waals surface area (Å²) >= 11 is 0. The van der Waals surface area contributed by atoms with Crippen LogP contribution in [-0.4, -0.2) is 46.8 Å². The molecule has 0 spiro atoms. The average molecular weight is 277 g/mol. The first kappa shape index (κ1) is 17.1. The van der Waals surface area contributed by atoms with Gasteiger partial charge in [0.2, 0.25) is 5.91 Å². The molecule has 7 heteroatoms. The Balaban J connectivity index is 3.99. The second-order valence-corrected chi connectivity index (χ2v) is 5.76. The first-order valence-corrected chi connectivity index (χ1v) is 7.74. The summed E-state index contributed by atoms with van der Waals surface area (Å²) in [5.41, 5.74) is 0. The number of hydrogen-bond donors (Lipinski definition) is 3. The fourth-order valence-electron chi connectivity index (χ4n) is 1.35. The fourth-order valence-corrected chi connectivity index (χ4v) is 2.04. The van der Waals surface area contributed by atoms with Crippen LogP contribution in [0, 0.1) is 0 Å². The predicted octanol–water partition coefficient (Wildman–Crippen LogP) is -0.0327. The highest BCUT2D eigenvalue weighted by molar-refractivity contribution is 7.84. The Morgan fingerprint density at radius 3 is 2.39 bits per heavy atom. The minimum Gasteiger partial charge on any atom is -0.338 e. The molecule has 6 nitrogen and oxygen atoms in total. The molecular formula is C11H23N3O3S. The normalized spacial score (nSPS) is 15.6. The lowest BCUT2D eigenvalue weighted by atomic mass is 10.2. The van der Waals surface area contributed by atoms with E-state index >= 15 is 0 Å². The Bertz CT molecular complexity index is 310. The molecule has 0 aromatic heterocycles. The molecule has 0 aliphatic heterocycles. The zero-order valence-electron chi connectivity index (χ0n) is 11.4. The summed E-state index contributed by atoms with van der Waals surface area (Å²) < 4.78 is 10.9. The van der Waals surface area contributed by atoms with Crippen molar-refractivity contribution in [3.8, 4) is 0 Å². The molecule has 0 rings (SSSR count). The van der Waals surface area contributed by atoms with Crippen LogP contribution >= 0.6 is 0 Å². The van der Waals surface area contributed by atoms with Crippen LogP contribution in [0.5, 0.6) is 0 Å². The lowest BCUT2D eigenvalue weighted by molar-refractivity contribution is -0.121. The molecule has 0 saturated carbocycles. The Hall–Kier alpha value is -0.950. The van der Waals surface area contributed by atoms with Crippen molar-refractivity contribution in [3.05, 3.63) is 0 Å².